The van der Waals surface area contributed by atoms with Crippen molar-refractivity contribution in [2.45, 2.75) is 6.54 Å². The van der Waals surface area contributed by atoms with Crippen molar-refractivity contribution in [1.29, 1.82) is 0 Å². The maximum absolute atomic E-state index is 13.4. The second-order valence-corrected chi connectivity index (χ2v) is 4.62. The second-order valence-electron chi connectivity index (χ2n) is 4.62. The molecule has 0 spiro atoms. The van der Waals surface area contributed by atoms with Crippen molar-refractivity contribution in [2.24, 2.45) is 0 Å². The fraction of sp³-hybridized carbons (Fsp3) is 0.118. The summed E-state index contributed by atoms with van der Waals surface area (Å²) in [4.78, 5) is 0. The Kier molecular flexibility index (Phi) is 3.67. The average molecular weight is 280 g/mol. The van der Waals surface area contributed by atoms with Gasteiger partial charge in [0.2, 0.25) is 0 Å². The highest BCUT2D eigenvalue weighted by Gasteiger charge is 2.06. The van der Waals surface area contributed by atoms with Gasteiger partial charge < -0.3 is 5.11 Å². The van der Waals surface area contributed by atoms with Crippen LogP contribution in [0.1, 0.15) is 11.1 Å². The molecule has 1 N–H and O–H groups in total. The van der Waals surface area contributed by atoms with Crippen LogP contribution < -0.4 is 0 Å². The molecule has 0 atom stereocenters. The third kappa shape index (κ3) is 2.78. The van der Waals surface area contributed by atoms with Crippen molar-refractivity contribution < 1.29 is 9.50 Å². The second kappa shape index (κ2) is 5.78. The van der Waals surface area contributed by atoms with Gasteiger partial charge >= 0.3 is 0 Å². The summed E-state index contributed by atoms with van der Waals surface area (Å²) >= 11 is 0. The number of benzene rings is 2. The van der Waals surface area contributed by atoms with Crippen LogP contribution in [0.3, 0.4) is 0 Å². The number of aromatic nitrogens is 2. The van der Waals surface area contributed by atoms with Crippen LogP contribution in [0.15, 0.2) is 48.7 Å². The molecule has 0 unspecified atom stereocenters. The van der Waals surface area contributed by atoms with Crippen LogP contribution in [0, 0.1) is 17.7 Å². The highest BCUT2D eigenvalue weighted by atomic mass is 19.1. The fourth-order valence-electron chi connectivity index (χ4n) is 2.25. The topological polar surface area (TPSA) is 38.0 Å². The Bertz CT molecular complexity index is 843. The minimum atomic E-state index is -0.341. The zero-order chi connectivity index (χ0) is 14.7. The van der Waals surface area contributed by atoms with E-state index in [-0.39, 0.29) is 12.4 Å². The molecule has 0 radical (unpaired) electrons. The normalized spacial score (nSPS) is 10.4. The summed E-state index contributed by atoms with van der Waals surface area (Å²) in [5, 5.41) is 14.2. The molecule has 1 aromatic heterocycles. The SMILES string of the molecule is OCC#Cc1cc(F)ccc1Cn1ncc2ccccc21. The molecule has 0 amide bonds. The molecule has 104 valence electrons. The minimum Gasteiger partial charge on any atom is -0.384 e. The van der Waals surface area contributed by atoms with Crippen molar-refractivity contribution >= 4 is 10.9 Å². The molecule has 0 saturated heterocycles. The van der Waals surface area contributed by atoms with Gasteiger partial charge in [-0.15, -0.1) is 0 Å². The summed E-state index contributed by atoms with van der Waals surface area (Å²) in [6, 6.07) is 12.4. The quantitative estimate of drug-likeness (QED) is 0.733. The first-order valence-corrected chi connectivity index (χ1v) is 6.56. The Hall–Kier alpha value is -2.64. The summed E-state index contributed by atoms with van der Waals surface area (Å²) in [5.41, 5.74) is 2.46. The number of para-hydroxylation sites is 1. The van der Waals surface area contributed by atoms with E-state index < -0.39 is 0 Å². The first-order chi connectivity index (χ1) is 10.3. The highest BCUT2D eigenvalue weighted by molar-refractivity contribution is 5.78. The van der Waals surface area contributed by atoms with Crippen LogP contribution in [0.4, 0.5) is 4.39 Å². The molecule has 0 saturated carbocycles. The summed E-state index contributed by atoms with van der Waals surface area (Å²) in [7, 11) is 0. The lowest BCUT2D eigenvalue weighted by Gasteiger charge is -2.07. The number of aliphatic hydroxyl groups excluding tert-OH is 1. The number of hydrogen-bond donors (Lipinski definition) is 1. The first kappa shape index (κ1) is 13.3. The third-order valence-electron chi connectivity index (χ3n) is 3.25. The van der Waals surface area contributed by atoms with Gasteiger partial charge in [0, 0.05) is 10.9 Å². The third-order valence-corrected chi connectivity index (χ3v) is 3.25. The number of fused-ring (bicyclic) bond motifs is 1. The van der Waals surface area contributed by atoms with Gasteiger partial charge in [-0.25, -0.2) is 4.39 Å². The summed E-state index contributed by atoms with van der Waals surface area (Å²) in [6.07, 6.45) is 1.80. The van der Waals surface area contributed by atoms with Crippen molar-refractivity contribution in [3.63, 3.8) is 0 Å². The van der Waals surface area contributed by atoms with Gasteiger partial charge in [0.25, 0.3) is 0 Å². The molecule has 0 bridgehead atoms. The van der Waals surface area contributed by atoms with E-state index in [9.17, 15) is 4.39 Å². The van der Waals surface area contributed by atoms with Crippen LogP contribution in [0.25, 0.3) is 10.9 Å². The van der Waals surface area contributed by atoms with Crippen LogP contribution in [0.2, 0.25) is 0 Å². The van der Waals surface area contributed by atoms with E-state index in [0.29, 0.717) is 12.1 Å². The van der Waals surface area contributed by atoms with Gasteiger partial charge in [0.1, 0.15) is 12.4 Å². The van der Waals surface area contributed by atoms with Gasteiger partial charge in [-0.1, -0.05) is 36.1 Å². The molecule has 1 heterocycles. The van der Waals surface area contributed by atoms with Crippen molar-refractivity contribution in [3.8, 4) is 11.8 Å². The molecule has 4 heteroatoms. The van der Waals surface area contributed by atoms with Crippen molar-refractivity contribution in [2.75, 3.05) is 6.61 Å². The number of halogens is 1. The Morgan fingerprint density at radius 2 is 2.05 bits per heavy atom. The summed E-state index contributed by atoms with van der Waals surface area (Å²) in [6.45, 7) is 0.254. The molecule has 0 fully saturated rings. The van der Waals surface area contributed by atoms with E-state index in [1.807, 2.05) is 28.9 Å². The molecule has 3 rings (SSSR count). The standard InChI is InChI=1S/C17H13FN2O/c18-16-8-7-15(13(10-16)5-3-9-21)12-20-17-6-2-1-4-14(17)11-19-20/h1-2,4,6-8,10-11,21H,9,12H2. The predicted octanol–water partition coefficient (Wildman–Crippen LogP) is 2.57. The highest BCUT2D eigenvalue weighted by Crippen LogP contribution is 2.17. The molecule has 0 aliphatic rings. The van der Waals surface area contributed by atoms with Crippen molar-refractivity contribution in [3.05, 3.63) is 65.6 Å². The van der Waals surface area contributed by atoms with Gasteiger partial charge in [-0.2, -0.15) is 5.10 Å². The van der Waals surface area contributed by atoms with E-state index in [1.165, 1.54) is 12.1 Å². The Morgan fingerprint density at radius 1 is 1.19 bits per heavy atom. The maximum atomic E-state index is 13.4. The molecule has 0 aliphatic carbocycles. The lowest BCUT2D eigenvalue weighted by atomic mass is 10.1. The zero-order valence-electron chi connectivity index (χ0n) is 11.3. The van der Waals surface area contributed by atoms with E-state index in [0.717, 1.165) is 16.5 Å². The summed E-state index contributed by atoms with van der Waals surface area (Å²) < 4.78 is 15.2. The first-order valence-electron chi connectivity index (χ1n) is 6.56. The molecule has 3 nitrogen and oxygen atoms in total. The van der Waals surface area contributed by atoms with Gasteiger partial charge in [0.05, 0.1) is 18.3 Å². The maximum Gasteiger partial charge on any atom is 0.124 e. The monoisotopic (exact) mass is 280 g/mol. The van der Waals surface area contributed by atoms with Crippen LogP contribution >= 0.6 is 0 Å². The van der Waals surface area contributed by atoms with Gasteiger partial charge in [-0.05, 0) is 23.8 Å². The zero-order valence-corrected chi connectivity index (χ0v) is 11.3. The van der Waals surface area contributed by atoms with Crippen LogP contribution in [0.5, 0.6) is 0 Å². The largest absolute Gasteiger partial charge is 0.384 e. The molecular weight excluding hydrogens is 267 g/mol. The minimum absolute atomic E-state index is 0.249. The molecule has 21 heavy (non-hydrogen) atoms. The Balaban J connectivity index is 2.01. The molecule has 0 aliphatic heterocycles. The average Bonchev–Trinajstić information content (AvgIpc) is 2.91. The Morgan fingerprint density at radius 3 is 2.90 bits per heavy atom. The number of rotatable bonds is 2. The molecule has 2 aromatic carbocycles. The number of aliphatic hydroxyl groups is 1. The predicted molar refractivity (Wildman–Crippen MR) is 79.2 cm³/mol. The van der Waals surface area contributed by atoms with Crippen LogP contribution in [-0.4, -0.2) is 21.5 Å². The van der Waals surface area contributed by atoms with E-state index in [2.05, 4.69) is 16.9 Å². The molecule has 3 aromatic rings. The fourth-order valence-corrected chi connectivity index (χ4v) is 2.25. The lowest BCUT2D eigenvalue weighted by molar-refractivity contribution is 0.350. The van der Waals surface area contributed by atoms with Gasteiger partial charge in [0.15, 0.2) is 0 Å². The lowest BCUT2D eigenvalue weighted by Crippen LogP contribution is -2.03. The van der Waals surface area contributed by atoms with E-state index in [4.69, 9.17) is 5.11 Å². The van der Waals surface area contributed by atoms with E-state index >= 15 is 0 Å². The number of nitrogens with zero attached hydrogens (tertiary/aromatic N) is 2. The van der Waals surface area contributed by atoms with Gasteiger partial charge in [-0.3, -0.25) is 4.68 Å². The van der Waals surface area contributed by atoms with E-state index in [1.54, 1.807) is 12.3 Å². The summed E-state index contributed by atoms with van der Waals surface area (Å²) in [5.74, 6) is 5.00. The Labute approximate surface area is 121 Å². The van der Waals surface area contributed by atoms with Crippen molar-refractivity contribution in [1.82, 2.24) is 9.78 Å². The smallest absolute Gasteiger partial charge is 0.124 e. The molecular formula is C17H13FN2O. The number of hydrogen-bond acceptors (Lipinski definition) is 2. The van der Waals surface area contributed by atoms with Crippen LogP contribution in [-0.2, 0) is 6.54 Å².